The summed E-state index contributed by atoms with van der Waals surface area (Å²) in [5.41, 5.74) is -0.0123. The highest BCUT2D eigenvalue weighted by molar-refractivity contribution is 7.89. The van der Waals surface area contributed by atoms with Crippen LogP contribution in [0.15, 0.2) is 23.1 Å². The quantitative estimate of drug-likeness (QED) is 0.553. The molecule has 0 radical (unpaired) electrons. The van der Waals surface area contributed by atoms with Crippen LogP contribution in [0.1, 0.15) is 13.8 Å². The molecule has 0 aliphatic carbocycles. The van der Waals surface area contributed by atoms with E-state index in [0.29, 0.717) is 6.61 Å². The lowest BCUT2D eigenvalue weighted by molar-refractivity contribution is -0.384. The molecule has 21 heavy (non-hydrogen) atoms. The van der Waals surface area contributed by atoms with Crippen LogP contribution < -0.4 is 10.0 Å². The predicted octanol–water partition coefficient (Wildman–Crippen LogP) is 1.34. The maximum atomic E-state index is 12.2. The zero-order chi connectivity index (χ0) is 16.0. The number of anilines is 1. The number of ether oxygens (including phenoxy) is 1. The second-order valence-electron chi connectivity index (χ2n) is 4.31. The Hall–Kier alpha value is -1.71. The Bertz CT molecular complexity index is 603. The first kappa shape index (κ1) is 17.3. The van der Waals surface area contributed by atoms with Gasteiger partial charge in [-0.2, -0.15) is 0 Å². The molecule has 0 saturated carbocycles. The lowest BCUT2D eigenvalue weighted by Crippen LogP contribution is -2.32. The largest absolute Gasteiger partial charge is 0.387 e. The van der Waals surface area contributed by atoms with Crippen LogP contribution in [0, 0.1) is 10.1 Å². The maximum absolute atomic E-state index is 12.2. The lowest BCUT2D eigenvalue weighted by atomic mass is 10.3. The second kappa shape index (κ2) is 7.34. The molecule has 118 valence electrons. The fourth-order valence-electron chi connectivity index (χ4n) is 1.71. The minimum absolute atomic E-state index is 0.0423. The molecule has 0 fully saturated rings. The number of nitrogens with zero attached hydrogens (tertiary/aromatic N) is 1. The number of sulfonamides is 1. The standard InChI is InChI=1S/C12H19N3O5S/c1-4-20-9(2)8-14-21(18,19)12-6-5-10(15(16)17)7-11(12)13-3/h5-7,9,13-14H,4,8H2,1-3H3. The number of rotatable bonds is 8. The van der Waals surface area contributed by atoms with Crippen molar-refractivity contribution in [1.82, 2.24) is 4.72 Å². The van der Waals surface area contributed by atoms with Crippen LogP contribution in [-0.4, -0.2) is 39.6 Å². The Balaban J connectivity index is 3.00. The van der Waals surface area contributed by atoms with E-state index in [1.54, 1.807) is 6.92 Å². The average molecular weight is 317 g/mol. The van der Waals surface area contributed by atoms with Gasteiger partial charge in [0.2, 0.25) is 10.0 Å². The van der Waals surface area contributed by atoms with Crippen molar-refractivity contribution in [3.05, 3.63) is 28.3 Å². The van der Waals surface area contributed by atoms with E-state index < -0.39 is 14.9 Å². The molecular weight excluding hydrogens is 298 g/mol. The van der Waals surface area contributed by atoms with Crippen molar-refractivity contribution in [2.24, 2.45) is 0 Å². The first-order valence-electron chi connectivity index (χ1n) is 6.39. The van der Waals surface area contributed by atoms with Gasteiger partial charge in [-0.05, 0) is 19.9 Å². The van der Waals surface area contributed by atoms with Gasteiger partial charge in [-0.1, -0.05) is 0 Å². The summed E-state index contributed by atoms with van der Waals surface area (Å²) in [5.74, 6) is 0. The van der Waals surface area contributed by atoms with E-state index in [1.807, 2.05) is 6.92 Å². The number of nitrogens with one attached hydrogen (secondary N) is 2. The first-order valence-corrected chi connectivity index (χ1v) is 7.87. The third-order valence-corrected chi connectivity index (χ3v) is 4.23. The molecule has 2 N–H and O–H groups in total. The molecule has 0 bridgehead atoms. The Morgan fingerprint density at radius 1 is 1.43 bits per heavy atom. The molecule has 8 nitrogen and oxygen atoms in total. The van der Waals surface area contributed by atoms with Gasteiger partial charge in [0.05, 0.1) is 16.7 Å². The third kappa shape index (κ3) is 4.66. The van der Waals surface area contributed by atoms with Gasteiger partial charge in [-0.25, -0.2) is 13.1 Å². The van der Waals surface area contributed by atoms with E-state index in [2.05, 4.69) is 10.0 Å². The van der Waals surface area contributed by atoms with Gasteiger partial charge in [0.1, 0.15) is 4.90 Å². The molecular formula is C12H19N3O5S. The average Bonchev–Trinajstić information content (AvgIpc) is 2.44. The lowest BCUT2D eigenvalue weighted by Gasteiger charge is -2.14. The molecule has 1 atom stereocenters. The number of nitro benzene ring substituents is 1. The van der Waals surface area contributed by atoms with Crippen LogP contribution in [0.3, 0.4) is 0 Å². The van der Waals surface area contributed by atoms with Gasteiger partial charge < -0.3 is 10.1 Å². The van der Waals surface area contributed by atoms with Crippen molar-refractivity contribution in [2.45, 2.75) is 24.8 Å². The summed E-state index contributed by atoms with van der Waals surface area (Å²) in [5, 5.41) is 13.4. The van der Waals surface area contributed by atoms with E-state index >= 15 is 0 Å². The predicted molar refractivity (Wildman–Crippen MR) is 78.9 cm³/mol. The van der Waals surface area contributed by atoms with Crippen molar-refractivity contribution < 1.29 is 18.1 Å². The summed E-state index contributed by atoms with van der Waals surface area (Å²) in [6.07, 6.45) is -0.263. The normalized spacial score (nSPS) is 12.9. The van der Waals surface area contributed by atoms with E-state index in [4.69, 9.17) is 4.74 Å². The molecule has 0 aliphatic rings. The molecule has 1 aromatic rings. The zero-order valence-electron chi connectivity index (χ0n) is 12.1. The van der Waals surface area contributed by atoms with Crippen LogP contribution in [0.25, 0.3) is 0 Å². The fourth-order valence-corrected chi connectivity index (χ4v) is 3.02. The summed E-state index contributed by atoms with van der Waals surface area (Å²) in [6, 6.07) is 3.54. The molecule has 0 spiro atoms. The van der Waals surface area contributed by atoms with E-state index in [9.17, 15) is 18.5 Å². The minimum Gasteiger partial charge on any atom is -0.387 e. The van der Waals surface area contributed by atoms with Crippen LogP contribution in [-0.2, 0) is 14.8 Å². The number of non-ortho nitro benzene ring substituents is 1. The van der Waals surface area contributed by atoms with Gasteiger partial charge in [-0.3, -0.25) is 10.1 Å². The number of nitro groups is 1. The number of benzene rings is 1. The van der Waals surface area contributed by atoms with Crippen molar-refractivity contribution in [2.75, 3.05) is 25.5 Å². The number of hydrogen-bond donors (Lipinski definition) is 2. The molecule has 1 rings (SSSR count). The molecule has 0 saturated heterocycles. The third-order valence-electron chi connectivity index (χ3n) is 2.74. The van der Waals surface area contributed by atoms with Crippen LogP contribution in [0.5, 0.6) is 0 Å². The summed E-state index contributed by atoms with van der Waals surface area (Å²) in [7, 11) is -2.27. The van der Waals surface area contributed by atoms with Gasteiger partial charge in [-0.15, -0.1) is 0 Å². The van der Waals surface area contributed by atoms with Gasteiger partial charge in [0.15, 0.2) is 0 Å². The molecule has 9 heteroatoms. The van der Waals surface area contributed by atoms with E-state index in [0.717, 1.165) is 6.07 Å². The highest BCUT2D eigenvalue weighted by atomic mass is 32.2. The zero-order valence-corrected chi connectivity index (χ0v) is 12.9. The molecule has 1 unspecified atom stereocenters. The highest BCUT2D eigenvalue weighted by Gasteiger charge is 2.21. The van der Waals surface area contributed by atoms with Crippen molar-refractivity contribution >= 4 is 21.4 Å². The number of hydrogen-bond acceptors (Lipinski definition) is 6. The van der Waals surface area contributed by atoms with Crippen molar-refractivity contribution in [3.8, 4) is 0 Å². The monoisotopic (exact) mass is 317 g/mol. The maximum Gasteiger partial charge on any atom is 0.271 e. The molecule has 1 aromatic carbocycles. The van der Waals surface area contributed by atoms with Gasteiger partial charge >= 0.3 is 0 Å². The van der Waals surface area contributed by atoms with E-state index in [-0.39, 0.29) is 28.9 Å². The van der Waals surface area contributed by atoms with Gasteiger partial charge in [0.25, 0.3) is 5.69 Å². The summed E-state index contributed by atoms with van der Waals surface area (Å²) >= 11 is 0. The second-order valence-corrected chi connectivity index (χ2v) is 6.04. The Kier molecular flexibility index (Phi) is 6.06. The van der Waals surface area contributed by atoms with Crippen molar-refractivity contribution in [3.63, 3.8) is 0 Å². The van der Waals surface area contributed by atoms with Crippen LogP contribution in [0.2, 0.25) is 0 Å². The van der Waals surface area contributed by atoms with E-state index in [1.165, 1.54) is 19.2 Å². The summed E-state index contributed by atoms with van der Waals surface area (Å²) < 4.78 is 32.1. The molecule has 0 aromatic heterocycles. The Morgan fingerprint density at radius 2 is 2.10 bits per heavy atom. The minimum atomic E-state index is -3.77. The van der Waals surface area contributed by atoms with Crippen LogP contribution in [0.4, 0.5) is 11.4 Å². The van der Waals surface area contributed by atoms with Crippen LogP contribution >= 0.6 is 0 Å². The molecule has 0 amide bonds. The first-order chi connectivity index (χ1) is 9.81. The Labute approximate surface area is 123 Å². The molecule has 0 aliphatic heterocycles. The highest BCUT2D eigenvalue weighted by Crippen LogP contribution is 2.25. The van der Waals surface area contributed by atoms with Crippen molar-refractivity contribution in [1.29, 1.82) is 0 Å². The SMILES string of the molecule is CCOC(C)CNS(=O)(=O)c1ccc([N+](=O)[O-])cc1NC. The topological polar surface area (TPSA) is 111 Å². The summed E-state index contributed by atoms with van der Waals surface area (Å²) in [4.78, 5) is 10.1. The summed E-state index contributed by atoms with van der Waals surface area (Å²) in [6.45, 7) is 4.18. The fraction of sp³-hybridized carbons (Fsp3) is 0.500. The molecule has 0 heterocycles. The smallest absolute Gasteiger partial charge is 0.271 e. The van der Waals surface area contributed by atoms with Gasteiger partial charge in [0, 0.05) is 32.3 Å². The Morgan fingerprint density at radius 3 is 2.62 bits per heavy atom.